The van der Waals surface area contributed by atoms with Crippen LogP contribution >= 0.6 is 11.3 Å². The minimum Gasteiger partial charge on any atom is -0.338 e. The molecule has 0 unspecified atom stereocenters. The average Bonchev–Trinajstić information content (AvgIpc) is 3.02. The van der Waals surface area contributed by atoms with Gasteiger partial charge in [0.25, 0.3) is 0 Å². The summed E-state index contributed by atoms with van der Waals surface area (Å²) >= 11 is 1.67. The van der Waals surface area contributed by atoms with E-state index in [9.17, 15) is 9.18 Å². The SMILES string of the molecule is Cc1nc(CN2CCN(C(=O)NCCc3ccc(F)cc3)CC2)cs1. The van der Waals surface area contributed by atoms with Crippen molar-refractivity contribution in [2.45, 2.75) is 19.9 Å². The van der Waals surface area contributed by atoms with Crippen molar-refractivity contribution in [3.8, 4) is 0 Å². The number of urea groups is 1. The Bertz CT molecular complexity index is 695. The molecule has 1 fully saturated rings. The van der Waals surface area contributed by atoms with Crippen LogP contribution in [0.2, 0.25) is 0 Å². The van der Waals surface area contributed by atoms with Crippen LogP contribution in [-0.4, -0.2) is 53.5 Å². The van der Waals surface area contributed by atoms with Crippen LogP contribution in [0, 0.1) is 12.7 Å². The quantitative estimate of drug-likeness (QED) is 0.890. The zero-order valence-corrected chi connectivity index (χ0v) is 15.2. The molecule has 0 radical (unpaired) electrons. The topological polar surface area (TPSA) is 48.5 Å². The molecule has 0 spiro atoms. The van der Waals surface area contributed by atoms with Crippen molar-refractivity contribution in [3.05, 3.63) is 51.7 Å². The first kappa shape index (κ1) is 17.8. The fourth-order valence-electron chi connectivity index (χ4n) is 2.90. The first-order valence-corrected chi connectivity index (χ1v) is 9.39. The standard InChI is InChI=1S/C18H23FN4OS/c1-14-21-17(13-25-14)12-22-8-10-23(11-9-22)18(24)20-7-6-15-2-4-16(19)5-3-15/h2-5,13H,6-12H2,1H3,(H,20,24). The average molecular weight is 362 g/mol. The summed E-state index contributed by atoms with van der Waals surface area (Å²) in [7, 11) is 0. The molecule has 1 saturated heterocycles. The molecule has 1 N–H and O–H groups in total. The van der Waals surface area contributed by atoms with Gasteiger partial charge in [-0.2, -0.15) is 0 Å². The van der Waals surface area contributed by atoms with Crippen LogP contribution in [0.3, 0.4) is 0 Å². The Morgan fingerprint density at radius 1 is 1.24 bits per heavy atom. The zero-order valence-electron chi connectivity index (χ0n) is 14.4. The molecule has 0 saturated carbocycles. The summed E-state index contributed by atoms with van der Waals surface area (Å²) in [5.41, 5.74) is 2.13. The van der Waals surface area contributed by atoms with Gasteiger partial charge in [-0.1, -0.05) is 12.1 Å². The van der Waals surface area contributed by atoms with Gasteiger partial charge in [-0.15, -0.1) is 11.3 Å². The van der Waals surface area contributed by atoms with Crippen LogP contribution in [0.25, 0.3) is 0 Å². The van der Waals surface area contributed by atoms with E-state index >= 15 is 0 Å². The van der Waals surface area contributed by atoms with Crippen molar-refractivity contribution in [2.24, 2.45) is 0 Å². The number of benzene rings is 1. The molecular formula is C18H23FN4OS. The molecule has 2 amide bonds. The maximum Gasteiger partial charge on any atom is 0.317 e. The first-order chi connectivity index (χ1) is 12.1. The van der Waals surface area contributed by atoms with Crippen LogP contribution < -0.4 is 5.32 Å². The van der Waals surface area contributed by atoms with Gasteiger partial charge in [0.05, 0.1) is 10.7 Å². The van der Waals surface area contributed by atoms with Gasteiger partial charge in [0.2, 0.25) is 0 Å². The molecule has 1 aliphatic heterocycles. The lowest BCUT2D eigenvalue weighted by molar-refractivity contribution is 0.134. The van der Waals surface area contributed by atoms with Crippen LogP contribution in [0.15, 0.2) is 29.6 Å². The summed E-state index contributed by atoms with van der Waals surface area (Å²) < 4.78 is 12.9. The Morgan fingerprint density at radius 3 is 2.60 bits per heavy atom. The Kier molecular flexibility index (Phi) is 5.99. The molecule has 1 aliphatic rings. The lowest BCUT2D eigenvalue weighted by Gasteiger charge is -2.34. The first-order valence-electron chi connectivity index (χ1n) is 8.51. The second-order valence-corrected chi connectivity index (χ2v) is 7.29. The maximum atomic E-state index is 12.9. The third-order valence-corrected chi connectivity index (χ3v) is 5.14. The molecule has 5 nitrogen and oxygen atoms in total. The Morgan fingerprint density at radius 2 is 1.96 bits per heavy atom. The highest BCUT2D eigenvalue weighted by molar-refractivity contribution is 7.09. The second-order valence-electron chi connectivity index (χ2n) is 6.23. The normalized spacial score (nSPS) is 15.4. The number of rotatable bonds is 5. The minimum absolute atomic E-state index is 0.0220. The van der Waals surface area contributed by atoms with Gasteiger partial charge in [0.1, 0.15) is 5.82 Å². The van der Waals surface area contributed by atoms with E-state index in [4.69, 9.17) is 0 Å². The number of carbonyl (C=O) groups is 1. The third kappa shape index (κ3) is 5.24. The van der Waals surface area contributed by atoms with E-state index in [2.05, 4.69) is 20.6 Å². The zero-order chi connectivity index (χ0) is 17.6. The van der Waals surface area contributed by atoms with Crippen molar-refractivity contribution in [1.82, 2.24) is 20.1 Å². The molecule has 2 aromatic rings. The number of thiazole rings is 1. The van der Waals surface area contributed by atoms with Crippen molar-refractivity contribution in [2.75, 3.05) is 32.7 Å². The Balaban J connectivity index is 1.37. The number of hydrogen-bond acceptors (Lipinski definition) is 4. The number of amides is 2. The fourth-order valence-corrected chi connectivity index (χ4v) is 3.50. The summed E-state index contributed by atoms with van der Waals surface area (Å²) in [6, 6.07) is 6.37. The smallest absolute Gasteiger partial charge is 0.317 e. The highest BCUT2D eigenvalue weighted by atomic mass is 32.1. The van der Waals surface area contributed by atoms with Crippen LogP contribution in [0.4, 0.5) is 9.18 Å². The number of hydrogen-bond donors (Lipinski definition) is 1. The molecule has 1 aromatic carbocycles. The van der Waals surface area contributed by atoms with Crippen LogP contribution in [0.5, 0.6) is 0 Å². The molecule has 3 rings (SSSR count). The fraction of sp³-hybridized carbons (Fsp3) is 0.444. The van der Waals surface area contributed by atoms with Crippen molar-refractivity contribution in [1.29, 1.82) is 0 Å². The molecule has 0 aliphatic carbocycles. The number of nitrogens with one attached hydrogen (secondary N) is 1. The number of piperazine rings is 1. The van der Waals surface area contributed by atoms with E-state index in [0.717, 1.165) is 49.0 Å². The van der Waals surface area contributed by atoms with Gasteiger partial charge in [0.15, 0.2) is 0 Å². The van der Waals surface area contributed by atoms with Gasteiger partial charge in [-0.05, 0) is 31.0 Å². The molecule has 25 heavy (non-hydrogen) atoms. The lowest BCUT2D eigenvalue weighted by Crippen LogP contribution is -2.51. The van der Waals surface area contributed by atoms with E-state index in [-0.39, 0.29) is 11.8 Å². The molecule has 1 aromatic heterocycles. The number of carbonyl (C=O) groups excluding carboxylic acids is 1. The Labute approximate surface area is 151 Å². The monoisotopic (exact) mass is 362 g/mol. The van der Waals surface area contributed by atoms with Gasteiger partial charge in [-0.25, -0.2) is 14.2 Å². The summed E-state index contributed by atoms with van der Waals surface area (Å²) in [5.74, 6) is -0.238. The summed E-state index contributed by atoms with van der Waals surface area (Å²) in [5, 5.41) is 6.14. The molecule has 7 heteroatoms. The van der Waals surface area contributed by atoms with Gasteiger partial charge in [-0.3, -0.25) is 4.90 Å². The number of nitrogens with zero attached hydrogens (tertiary/aromatic N) is 3. The number of halogens is 1. The maximum absolute atomic E-state index is 12.9. The largest absolute Gasteiger partial charge is 0.338 e. The second kappa shape index (κ2) is 8.40. The van der Waals surface area contributed by atoms with Gasteiger partial charge < -0.3 is 10.2 Å². The van der Waals surface area contributed by atoms with E-state index in [1.165, 1.54) is 12.1 Å². The molecule has 2 heterocycles. The molecule has 0 atom stereocenters. The molecule has 0 bridgehead atoms. The van der Waals surface area contributed by atoms with E-state index in [1.807, 2.05) is 11.8 Å². The summed E-state index contributed by atoms with van der Waals surface area (Å²) in [6.07, 6.45) is 0.704. The van der Waals surface area contributed by atoms with E-state index < -0.39 is 0 Å². The summed E-state index contributed by atoms with van der Waals surface area (Å²) in [4.78, 5) is 20.9. The van der Waals surface area contributed by atoms with Gasteiger partial charge in [0, 0.05) is 44.6 Å². The van der Waals surface area contributed by atoms with Crippen molar-refractivity contribution < 1.29 is 9.18 Å². The third-order valence-electron chi connectivity index (χ3n) is 4.31. The van der Waals surface area contributed by atoms with E-state index in [0.29, 0.717) is 13.0 Å². The number of aromatic nitrogens is 1. The van der Waals surface area contributed by atoms with Crippen LogP contribution in [-0.2, 0) is 13.0 Å². The predicted molar refractivity (Wildman–Crippen MR) is 97.2 cm³/mol. The van der Waals surface area contributed by atoms with E-state index in [1.54, 1.807) is 23.5 Å². The van der Waals surface area contributed by atoms with Crippen molar-refractivity contribution >= 4 is 17.4 Å². The lowest BCUT2D eigenvalue weighted by atomic mass is 10.1. The molecular weight excluding hydrogens is 339 g/mol. The van der Waals surface area contributed by atoms with Crippen molar-refractivity contribution in [3.63, 3.8) is 0 Å². The Hall–Kier alpha value is -1.99. The molecule has 134 valence electrons. The summed E-state index contributed by atoms with van der Waals surface area (Å²) in [6.45, 7) is 6.61. The van der Waals surface area contributed by atoms with Gasteiger partial charge >= 0.3 is 6.03 Å². The number of aryl methyl sites for hydroxylation is 1. The highest BCUT2D eigenvalue weighted by Gasteiger charge is 2.21. The highest BCUT2D eigenvalue weighted by Crippen LogP contribution is 2.12. The minimum atomic E-state index is -0.238. The predicted octanol–water partition coefficient (Wildman–Crippen LogP) is 2.66. The van der Waals surface area contributed by atoms with Crippen LogP contribution in [0.1, 0.15) is 16.3 Å².